The highest BCUT2D eigenvalue weighted by Crippen LogP contribution is 2.39. The number of nitrogens with zero attached hydrogens (tertiary/aromatic N) is 1. The molecule has 0 spiro atoms. The molecule has 0 fully saturated rings. The van der Waals surface area contributed by atoms with Crippen molar-refractivity contribution in [2.45, 2.75) is 19.3 Å². The van der Waals surface area contributed by atoms with Crippen LogP contribution in [0, 0.1) is 0 Å². The minimum Gasteiger partial charge on any atom is -0.508 e. The average Bonchev–Trinajstić information content (AvgIpc) is 2.57. The summed E-state index contributed by atoms with van der Waals surface area (Å²) in [7, 11) is 1.61. The Morgan fingerprint density at radius 2 is 1.96 bits per heavy atom. The van der Waals surface area contributed by atoms with Gasteiger partial charge < -0.3 is 9.84 Å². The summed E-state index contributed by atoms with van der Waals surface area (Å²) in [4.78, 5) is 14.2. The normalized spacial score (nSPS) is 13.6. The molecule has 23 heavy (non-hydrogen) atoms. The lowest BCUT2D eigenvalue weighted by atomic mass is 9.93. The summed E-state index contributed by atoms with van der Waals surface area (Å²) in [5.41, 5.74) is 3.50. The number of benzene rings is 2. The molecule has 1 aliphatic heterocycles. The van der Waals surface area contributed by atoms with Gasteiger partial charge in [0, 0.05) is 17.7 Å². The van der Waals surface area contributed by atoms with E-state index in [2.05, 4.69) is 6.58 Å². The Bertz CT molecular complexity index is 750. The second kappa shape index (κ2) is 6.16. The van der Waals surface area contributed by atoms with Crippen LogP contribution in [-0.4, -0.2) is 18.1 Å². The van der Waals surface area contributed by atoms with Crippen LogP contribution in [0.2, 0.25) is 0 Å². The van der Waals surface area contributed by atoms with Crippen LogP contribution in [0.4, 0.5) is 11.4 Å². The zero-order valence-corrected chi connectivity index (χ0v) is 13.1. The molecule has 2 aromatic rings. The van der Waals surface area contributed by atoms with Gasteiger partial charge in [-0.2, -0.15) is 0 Å². The Hall–Kier alpha value is -2.75. The summed E-state index contributed by atoms with van der Waals surface area (Å²) in [6.45, 7) is 3.75. The van der Waals surface area contributed by atoms with Crippen LogP contribution >= 0.6 is 0 Å². The van der Waals surface area contributed by atoms with E-state index in [1.165, 1.54) is 0 Å². The molecule has 0 bridgehead atoms. The maximum atomic E-state index is 12.5. The van der Waals surface area contributed by atoms with Gasteiger partial charge in [-0.25, -0.2) is 0 Å². The minimum atomic E-state index is 0.0536. The van der Waals surface area contributed by atoms with Gasteiger partial charge in [-0.05, 0) is 54.8 Å². The van der Waals surface area contributed by atoms with Crippen molar-refractivity contribution in [1.82, 2.24) is 0 Å². The van der Waals surface area contributed by atoms with Gasteiger partial charge in [0.05, 0.1) is 12.8 Å². The summed E-state index contributed by atoms with van der Waals surface area (Å²) in [6, 6.07) is 10.9. The largest absolute Gasteiger partial charge is 0.508 e. The molecule has 0 radical (unpaired) electrons. The van der Waals surface area contributed by atoms with E-state index in [4.69, 9.17) is 4.74 Å². The van der Waals surface area contributed by atoms with E-state index in [0.29, 0.717) is 19.3 Å². The zero-order chi connectivity index (χ0) is 16.4. The van der Waals surface area contributed by atoms with E-state index in [1.54, 1.807) is 30.2 Å². The van der Waals surface area contributed by atoms with E-state index in [-0.39, 0.29) is 11.7 Å². The molecule has 0 saturated carbocycles. The molecule has 1 aliphatic rings. The number of amides is 1. The number of phenolic OH excluding ortho intramolecular Hbond substituents is 1. The van der Waals surface area contributed by atoms with Crippen molar-refractivity contribution < 1.29 is 14.6 Å². The fourth-order valence-corrected chi connectivity index (χ4v) is 3.02. The molecule has 3 rings (SSSR count). The Kier molecular flexibility index (Phi) is 4.06. The predicted octanol–water partition coefficient (Wildman–Crippen LogP) is 3.74. The summed E-state index contributed by atoms with van der Waals surface area (Å²) in [6.07, 6.45) is 3.41. The van der Waals surface area contributed by atoms with Crippen molar-refractivity contribution in [3.05, 3.63) is 60.2 Å². The van der Waals surface area contributed by atoms with E-state index in [0.717, 1.165) is 28.3 Å². The van der Waals surface area contributed by atoms with E-state index in [9.17, 15) is 9.90 Å². The van der Waals surface area contributed by atoms with Crippen LogP contribution in [-0.2, 0) is 17.6 Å². The first-order valence-electron chi connectivity index (χ1n) is 7.57. The monoisotopic (exact) mass is 309 g/mol. The number of allylic oxidation sites excluding steroid dienone is 1. The molecule has 0 aliphatic carbocycles. The molecule has 0 unspecified atom stereocenters. The summed E-state index contributed by atoms with van der Waals surface area (Å²) < 4.78 is 5.17. The Labute approximate surface area is 135 Å². The quantitative estimate of drug-likeness (QED) is 0.875. The molecule has 0 saturated heterocycles. The number of hydrogen-bond acceptors (Lipinski definition) is 3. The van der Waals surface area contributed by atoms with Crippen LogP contribution in [0.3, 0.4) is 0 Å². The summed E-state index contributed by atoms with van der Waals surface area (Å²) in [5, 5.41) is 10.1. The molecule has 4 nitrogen and oxygen atoms in total. The van der Waals surface area contributed by atoms with Gasteiger partial charge in [0.2, 0.25) is 5.91 Å². The maximum Gasteiger partial charge on any atom is 0.231 e. The highest BCUT2D eigenvalue weighted by molar-refractivity contribution is 6.03. The maximum absolute atomic E-state index is 12.5. The number of hydrogen-bond donors (Lipinski definition) is 1. The van der Waals surface area contributed by atoms with Crippen molar-refractivity contribution in [3.8, 4) is 11.5 Å². The number of rotatable bonds is 4. The third-order valence-electron chi connectivity index (χ3n) is 4.14. The van der Waals surface area contributed by atoms with Gasteiger partial charge in [-0.15, -0.1) is 6.58 Å². The van der Waals surface area contributed by atoms with Crippen LogP contribution in [0.5, 0.6) is 11.5 Å². The number of methoxy groups -OCH3 is 1. The Morgan fingerprint density at radius 1 is 1.22 bits per heavy atom. The number of ether oxygens (including phenoxy) is 1. The van der Waals surface area contributed by atoms with Crippen LogP contribution in [0.25, 0.3) is 0 Å². The Balaban J connectivity index is 2.10. The second-order valence-corrected chi connectivity index (χ2v) is 5.48. The fraction of sp³-hybridized carbons (Fsp3) is 0.211. The fourth-order valence-electron chi connectivity index (χ4n) is 3.02. The molecule has 4 heteroatoms. The number of aromatic hydroxyl groups is 1. The van der Waals surface area contributed by atoms with E-state index >= 15 is 0 Å². The topological polar surface area (TPSA) is 49.8 Å². The number of anilines is 2. The number of fused-ring (bicyclic) bond motifs is 1. The van der Waals surface area contributed by atoms with Gasteiger partial charge in [0.1, 0.15) is 11.5 Å². The van der Waals surface area contributed by atoms with Gasteiger partial charge in [-0.3, -0.25) is 9.69 Å². The van der Waals surface area contributed by atoms with Crippen molar-refractivity contribution in [2.75, 3.05) is 12.0 Å². The standard InChI is InChI=1S/C19H19NO3/c1-3-4-16-15-9-12-19(22)20(17(15)10-11-18(16)21)13-5-7-14(23-2)8-6-13/h3,5-8,10-11,21H,1,4,9,12H2,2H3. The highest BCUT2D eigenvalue weighted by atomic mass is 16.5. The molecule has 1 amide bonds. The molecule has 2 aromatic carbocycles. The number of carbonyl (C=O) groups is 1. The van der Waals surface area contributed by atoms with Crippen molar-refractivity contribution in [2.24, 2.45) is 0 Å². The minimum absolute atomic E-state index is 0.0536. The molecular formula is C19H19NO3. The lowest BCUT2D eigenvalue weighted by Gasteiger charge is -2.31. The average molecular weight is 309 g/mol. The summed E-state index contributed by atoms with van der Waals surface area (Å²) in [5.74, 6) is 1.06. The molecule has 1 heterocycles. The van der Waals surface area contributed by atoms with Crippen LogP contribution in [0.1, 0.15) is 17.5 Å². The van der Waals surface area contributed by atoms with Crippen molar-refractivity contribution in [1.29, 1.82) is 0 Å². The van der Waals surface area contributed by atoms with E-state index < -0.39 is 0 Å². The van der Waals surface area contributed by atoms with E-state index in [1.807, 2.05) is 24.3 Å². The van der Waals surface area contributed by atoms with Crippen molar-refractivity contribution in [3.63, 3.8) is 0 Å². The molecule has 118 valence electrons. The van der Waals surface area contributed by atoms with Crippen LogP contribution in [0.15, 0.2) is 49.1 Å². The molecule has 0 atom stereocenters. The van der Waals surface area contributed by atoms with Gasteiger partial charge >= 0.3 is 0 Å². The second-order valence-electron chi connectivity index (χ2n) is 5.48. The molecule has 0 aromatic heterocycles. The zero-order valence-electron chi connectivity index (χ0n) is 13.1. The number of phenols is 1. The smallest absolute Gasteiger partial charge is 0.231 e. The van der Waals surface area contributed by atoms with Gasteiger partial charge in [0.25, 0.3) is 0 Å². The lowest BCUT2D eigenvalue weighted by Crippen LogP contribution is -2.31. The van der Waals surface area contributed by atoms with Crippen LogP contribution < -0.4 is 9.64 Å². The lowest BCUT2D eigenvalue weighted by molar-refractivity contribution is -0.118. The molecule has 1 N–H and O–H groups in total. The summed E-state index contributed by atoms with van der Waals surface area (Å²) >= 11 is 0. The Morgan fingerprint density at radius 3 is 2.61 bits per heavy atom. The third-order valence-corrected chi connectivity index (χ3v) is 4.14. The first-order valence-corrected chi connectivity index (χ1v) is 7.57. The SMILES string of the molecule is C=CCc1c(O)ccc2c1CCC(=O)N2c1ccc(OC)cc1. The third kappa shape index (κ3) is 2.68. The highest BCUT2D eigenvalue weighted by Gasteiger charge is 2.28. The predicted molar refractivity (Wildman–Crippen MR) is 90.5 cm³/mol. The number of carbonyl (C=O) groups excluding carboxylic acids is 1. The van der Waals surface area contributed by atoms with Gasteiger partial charge in [0.15, 0.2) is 0 Å². The van der Waals surface area contributed by atoms with Crippen molar-refractivity contribution >= 4 is 17.3 Å². The first kappa shape index (κ1) is 15.2. The molecular weight excluding hydrogens is 290 g/mol. The van der Waals surface area contributed by atoms with Gasteiger partial charge in [-0.1, -0.05) is 6.08 Å². The first-order chi connectivity index (χ1) is 11.2.